The van der Waals surface area contributed by atoms with Gasteiger partial charge in [0, 0.05) is 36.7 Å². The molecular formula is C28H36N2O3. The fraction of sp³-hybridized carbons (Fsp3) is 0.464. The van der Waals surface area contributed by atoms with E-state index in [1.54, 1.807) is 6.07 Å². The van der Waals surface area contributed by atoms with E-state index in [9.17, 15) is 14.4 Å². The van der Waals surface area contributed by atoms with Crippen LogP contribution in [0.5, 0.6) is 0 Å². The van der Waals surface area contributed by atoms with Crippen LogP contribution in [0.4, 0.5) is 0 Å². The lowest BCUT2D eigenvalue weighted by Crippen LogP contribution is -2.42. The zero-order chi connectivity index (χ0) is 23.5. The van der Waals surface area contributed by atoms with Crippen LogP contribution in [0.2, 0.25) is 0 Å². The van der Waals surface area contributed by atoms with Gasteiger partial charge in [-0.25, -0.2) is 0 Å². The number of carbonyl (C=O) groups excluding carboxylic acids is 3. The van der Waals surface area contributed by atoms with E-state index in [1.807, 2.05) is 47.4 Å². The molecule has 2 amide bonds. The van der Waals surface area contributed by atoms with Crippen LogP contribution in [0.25, 0.3) is 11.1 Å². The molecule has 5 nitrogen and oxygen atoms in total. The molecule has 1 aliphatic rings. The number of nitrogens with zero attached hydrogens (tertiary/aromatic N) is 1. The Morgan fingerprint density at radius 3 is 2.55 bits per heavy atom. The van der Waals surface area contributed by atoms with Crippen LogP contribution in [0.1, 0.15) is 85.4 Å². The number of amides is 2. The molecule has 1 saturated heterocycles. The molecule has 1 N–H and O–H groups in total. The van der Waals surface area contributed by atoms with Crippen molar-refractivity contribution in [2.45, 2.75) is 70.8 Å². The average Bonchev–Trinajstić information content (AvgIpc) is 3.07. The molecule has 1 atom stereocenters. The highest BCUT2D eigenvalue weighted by Crippen LogP contribution is 2.23. The van der Waals surface area contributed by atoms with E-state index < -0.39 is 0 Å². The molecule has 0 bridgehead atoms. The van der Waals surface area contributed by atoms with Crippen LogP contribution in [0.3, 0.4) is 0 Å². The molecule has 1 heterocycles. The molecular weight excluding hydrogens is 412 g/mol. The first-order valence-corrected chi connectivity index (χ1v) is 12.4. The van der Waals surface area contributed by atoms with Crippen LogP contribution in [-0.4, -0.2) is 42.1 Å². The summed E-state index contributed by atoms with van der Waals surface area (Å²) in [5.74, 6) is 0.0279. The molecule has 0 spiro atoms. The highest BCUT2D eigenvalue weighted by Gasteiger charge is 2.28. The Balaban J connectivity index is 1.73. The lowest BCUT2D eigenvalue weighted by molar-refractivity contribution is -0.121. The van der Waals surface area contributed by atoms with E-state index in [-0.39, 0.29) is 17.9 Å². The highest BCUT2D eigenvalue weighted by atomic mass is 16.2. The minimum Gasteiger partial charge on any atom is -0.356 e. The van der Waals surface area contributed by atoms with Gasteiger partial charge in [-0.3, -0.25) is 14.4 Å². The summed E-state index contributed by atoms with van der Waals surface area (Å²) in [5, 5.41) is 2.93. The van der Waals surface area contributed by atoms with Crippen LogP contribution in [0.15, 0.2) is 48.5 Å². The number of aldehydes is 1. The fourth-order valence-corrected chi connectivity index (χ4v) is 4.49. The van der Waals surface area contributed by atoms with Gasteiger partial charge in [0.1, 0.15) is 6.29 Å². The standard InChI is InChI=1S/C28H36N2O3/c1-2-3-4-5-6-7-18-30(26-12-9-17-29-27(32)20-26)28(33)24-15-13-23(14-16-24)25-11-8-10-22(19-25)21-31/h8,10-11,13-16,19,21,26H,2-7,9,12,17-18,20H2,1H3,(H,29,32). The Bertz CT molecular complexity index is 923. The Labute approximate surface area is 197 Å². The second-order valence-corrected chi connectivity index (χ2v) is 8.94. The summed E-state index contributed by atoms with van der Waals surface area (Å²) in [4.78, 5) is 38.7. The van der Waals surface area contributed by atoms with Gasteiger partial charge in [0.05, 0.1) is 0 Å². The van der Waals surface area contributed by atoms with Crippen molar-refractivity contribution in [2.75, 3.05) is 13.1 Å². The van der Waals surface area contributed by atoms with E-state index in [1.165, 1.54) is 25.7 Å². The first-order valence-electron chi connectivity index (χ1n) is 12.4. The molecule has 2 aromatic carbocycles. The summed E-state index contributed by atoms with van der Waals surface area (Å²) < 4.78 is 0. The zero-order valence-electron chi connectivity index (χ0n) is 19.7. The van der Waals surface area contributed by atoms with Gasteiger partial charge in [-0.15, -0.1) is 0 Å². The molecule has 33 heavy (non-hydrogen) atoms. The first-order chi connectivity index (χ1) is 16.1. The number of unbranched alkanes of at least 4 members (excludes halogenated alkanes) is 5. The summed E-state index contributed by atoms with van der Waals surface area (Å²) >= 11 is 0. The van der Waals surface area contributed by atoms with E-state index in [0.717, 1.165) is 43.1 Å². The van der Waals surface area contributed by atoms with Crippen LogP contribution in [-0.2, 0) is 4.79 Å². The Morgan fingerprint density at radius 2 is 1.79 bits per heavy atom. The number of hydrogen-bond donors (Lipinski definition) is 1. The monoisotopic (exact) mass is 448 g/mol. The molecule has 1 aliphatic heterocycles. The SMILES string of the molecule is CCCCCCCCN(C(=O)c1ccc(-c2cccc(C=O)c2)cc1)C1CCCNC(=O)C1. The molecule has 0 aromatic heterocycles. The van der Waals surface area contributed by atoms with Gasteiger partial charge in [-0.05, 0) is 48.6 Å². The molecule has 176 valence electrons. The lowest BCUT2D eigenvalue weighted by Gasteiger charge is -2.31. The average molecular weight is 449 g/mol. The summed E-state index contributed by atoms with van der Waals surface area (Å²) in [6.45, 7) is 3.58. The Hall–Kier alpha value is -2.95. The van der Waals surface area contributed by atoms with Crippen LogP contribution < -0.4 is 5.32 Å². The van der Waals surface area contributed by atoms with E-state index in [2.05, 4.69) is 12.2 Å². The Morgan fingerprint density at radius 1 is 1.03 bits per heavy atom. The molecule has 3 rings (SSSR count). The number of carbonyl (C=O) groups is 3. The summed E-state index contributed by atoms with van der Waals surface area (Å²) in [7, 11) is 0. The zero-order valence-corrected chi connectivity index (χ0v) is 19.7. The van der Waals surface area contributed by atoms with Crippen molar-refractivity contribution in [2.24, 2.45) is 0 Å². The number of nitrogens with one attached hydrogen (secondary N) is 1. The number of rotatable bonds is 11. The number of hydrogen-bond acceptors (Lipinski definition) is 3. The smallest absolute Gasteiger partial charge is 0.254 e. The van der Waals surface area contributed by atoms with Gasteiger partial charge in [0.25, 0.3) is 5.91 Å². The molecule has 0 saturated carbocycles. The fourth-order valence-electron chi connectivity index (χ4n) is 4.49. The van der Waals surface area contributed by atoms with Gasteiger partial charge in [-0.2, -0.15) is 0 Å². The van der Waals surface area contributed by atoms with Gasteiger partial charge in [0.15, 0.2) is 0 Å². The van der Waals surface area contributed by atoms with Gasteiger partial charge in [-0.1, -0.05) is 69.4 Å². The third-order valence-electron chi connectivity index (χ3n) is 6.40. The van der Waals surface area contributed by atoms with Crippen molar-refractivity contribution in [3.63, 3.8) is 0 Å². The van der Waals surface area contributed by atoms with Crippen LogP contribution >= 0.6 is 0 Å². The highest BCUT2D eigenvalue weighted by molar-refractivity contribution is 5.95. The van der Waals surface area contributed by atoms with Crippen molar-refractivity contribution in [3.8, 4) is 11.1 Å². The molecule has 5 heteroatoms. The van der Waals surface area contributed by atoms with Gasteiger partial charge in [0.2, 0.25) is 5.91 Å². The van der Waals surface area contributed by atoms with Crippen molar-refractivity contribution < 1.29 is 14.4 Å². The third kappa shape index (κ3) is 7.28. The van der Waals surface area contributed by atoms with Crippen molar-refractivity contribution in [1.29, 1.82) is 0 Å². The second kappa shape index (κ2) is 12.9. The second-order valence-electron chi connectivity index (χ2n) is 8.94. The summed E-state index contributed by atoms with van der Waals surface area (Å²) in [6, 6.07) is 15.0. The first kappa shape index (κ1) is 24.7. The molecule has 2 aromatic rings. The maximum atomic E-state index is 13.5. The molecule has 0 radical (unpaired) electrons. The molecule has 1 unspecified atom stereocenters. The summed E-state index contributed by atoms with van der Waals surface area (Å²) in [5.41, 5.74) is 3.18. The van der Waals surface area contributed by atoms with Crippen molar-refractivity contribution in [3.05, 3.63) is 59.7 Å². The lowest BCUT2D eigenvalue weighted by atomic mass is 10.0. The van der Waals surface area contributed by atoms with Crippen LogP contribution in [0, 0.1) is 0 Å². The predicted octanol–water partition coefficient (Wildman–Crippen LogP) is 5.64. The maximum Gasteiger partial charge on any atom is 0.254 e. The normalized spacial score (nSPS) is 16.0. The minimum absolute atomic E-state index is 0.00329. The van der Waals surface area contributed by atoms with E-state index in [4.69, 9.17) is 0 Å². The predicted molar refractivity (Wildman–Crippen MR) is 132 cm³/mol. The largest absolute Gasteiger partial charge is 0.356 e. The topological polar surface area (TPSA) is 66.5 Å². The maximum absolute atomic E-state index is 13.5. The Kier molecular flexibility index (Phi) is 9.67. The van der Waals surface area contributed by atoms with Crippen molar-refractivity contribution >= 4 is 18.1 Å². The van der Waals surface area contributed by atoms with Gasteiger partial charge >= 0.3 is 0 Å². The van der Waals surface area contributed by atoms with Gasteiger partial charge < -0.3 is 10.2 Å². The number of benzene rings is 2. The van der Waals surface area contributed by atoms with E-state index >= 15 is 0 Å². The van der Waals surface area contributed by atoms with Crippen molar-refractivity contribution in [1.82, 2.24) is 10.2 Å². The molecule has 0 aliphatic carbocycles. The summed E-state index contributed by atoms with van der Waals surface area (Å²) in [6.07, 6.45) is 9.92. The minimum atomic E-state index is -0.0559. The third-order valence-corrected chi connectivity index (χ3v) is 6.40. The van der Waals surface area contributed by atoms with E-state index in [0.29, 0.717) is 30.6 Å². The quantitative estimate of drug-likeness (QED) is 0.357. The molecule has 1 fully saturated rings.